The van der Waals surface area contributed by atoms with Crippen molar-refractivity contribution in [2.75, 3.05) is 0 Å². The van der Waals surface area contributed by atoms with Crippen molar-refractivity contribution in [1.82, 2.24) is 4.98 Å². The second-order valence-electron chi connectivity index (χ2n) is 5.35. The zero-order chi connectivity index (χ0) is 15.5. The van der Waals surface area contributed by atoms with Gasteiger partial charge in [-0.25, -0.2) is 4.98 Å². The summed E-state index contributed by atoms with van der Waals surface area (Å²) in [6.45, 7) is 0. The Morgan fingerprint density at radius 1 is 0.565 bits per heavy atom. The Hall–Kier alpha value is -3.13. The van der Waals surface area contributed by atoms with Gasteiger partial charge in [-0.05, 0) is 29.3 Å². The van der Waals surface area contributed by atoms with Crippen molar-refractivity contribution in [3.8, 4) is 33.8 Å². The van der Waals surface area contributed by atoms with E-state index in [9.17, 15) is 0 Å². The van der Waals surface area contributed by atoms with Gasteiger partial charge in [0.2, 0.25) is 5.89 Å². The molecule has 0 bridgehead atoms. The highest BCUT2D eigenvalue weighted by Gasteiger charge is 2.09. The van der Waals surface area contributed by atoms with Crippen LogP contribution < -0.4 is 0 Å². The molecule has 4 rings (SSSR count). The average Bonchev–Trinajstić information content (AvgIpc) is 3.14. The summed E-state index contributed by atoms with van der Waals surface area (Å²) in [5.74, 6) is 0.644. The first kappa shape index (κ1) is 13.5. The van der Waals surface area contributed by atoms with Gasteiger partial charge in [0.25, 0.3) is 0 Å². The SMILES string of the molecule is c1ccc(-c2cccc(-c3coc(-c4ccccc4)n3)c2)cc1. The van der Waals surface area contributed by atoms with Crippen LogP contribution in [0, 0.1) is 0 Å². The fraction of sp³-hybridized carbons (Fsp3) is 0. The topological polar surface area (TPSA) is 26.0 Å². The molecule has 0 atom stereocenters. The van der Waals surface area contributed by atoms with E-state index in [1.165, 1.54) is 11.1 Å². The monoisotopic (exact) mass is 297 g/mol. The molecule has 0 saturated heterocycles. The molecular weight excluding hydrogens is 282 g/mol. The molecule has 2 heteroatoms. The molecule has 1 heterocycles. The van der Waals surface area contributed by atoms with E-state index >= 15 is 0 Å². The predicted octanol–water partition coefficient (Wildman–Crippen LogP) is 5.68. The predicted molar refractivity (Wildman–Crippen MR) is 92.8 cm³/mol. The van der Waals surface area contributed by atoms with Crippen LogP contribution in [0.2, 0.25) is 0 Å². The van der Waals surface area contributed by atoms with Crippen LogP contribution in [0.25, 0.3) is 33.8 Å². The maximum absolute atomic E-state index is 5.64. The summed E-state index contributed by atoms with van der Waals surface area (Å²) in [6.07, 6.45) is 1.71. The highest BCUT2D eigenvalue weighted by atomic mass is 16.3. The van der Waals surface area contributed by atoms with Crippen LogP contribution in [0.3, 0.4) is 0 Å². The lowest BCUT2D eigenvalue weighted by molar-refractivity contribution is 0.575. The summed E-state index contributed by atoms with van der Waals surface area (Å²) in [5, 5.41) is 0. The van der Waals surface area contributed by atoms with Crippen molar-refractivity contribution in [3.63, 3.8) is 0 Å². The number of nitrogens with zero attached hydrogens (tertiary/aromatic N) is 1. The van der Waals surface area contributed by atoms with E-state index in [1.807, 2.05) is 48.5 Å². The van der Waals surface area contributed by atoms with E-state index in [0.717, 1.165) is 16.8 Å². The smallest absolute Gasteiger partial charge is 0.226 e. The van der Waals surface area contributed by atoms with Crippen LogP contribution in [-0.2, 0) is 0 Å². The minimum Gasteiger partial charge on any atom is -0.444 e. The Balaban J connectivity index is 1.71. The third kappa shape index (κ3) is 2.79. The normalized spacial score (nSPS) is 10.6. The molecule has 110 valence electrons. The van der Waals surface area contributed by atoms with Gasteiger partial charge in [0.05, 0.1) is 0 Å². The molecule has 23 heavy (non-hydrogen) atoms. The van der Waals surface area contributed by atoms with Crippen molar-refractivity contribution in [2.45, 2.75) is 0 Å². The van der Waals surface area contributed by atoms with Crippen molar-refractivity contribution in [1.29, 1.82) is 0 Å². The van der Waals surface area contributed by atoms with E-state index in [-0.39, 0.29) is 0 Å². The van der Waals surface area contributed by atoms with E-state index in [2.05, 4.69) is 41.4 Å². The number of aromatic nitrogens is 1. The average molecular weight is 297 g/mol. The lowest BCUT2D eigenvalue weighted by Gasteiger charge is -2.03. The molecule has 0 unspecified atom stereocenters. The van der Waals surface area contributed by atoms with Crippen LogP contribution in [0.4, 0.5) is 0 Å². The Morgan fingerprint density at radius 3 is 1.91 bits per heavy atom. The summed E-state index contributed by atoms with van der Waals surface area (Å²) in [6, 6.07) is 28.6. The van der Waals surface area contributed by atoms with Gasteiger partial charge in [-0.1, -0.05) is 66.7 Å². The molecule has 0 amide bonds. The van der Waals surface area contributed by atoms with E-state index in [1.54, 1.807) is 6.26 Å². The zero-order valence-corrected chi connectivity index (χ0v) is 12.5. The lowest BCUT2D eigenvalue weighted by Crippen LogP contribution is -1.82. The minimum atomic E-state index is 0.644. The van der Waals surface area contributed by atoms with Crippen molar-refractivity contribution < 1.29 is 4.42 Å². The van der Waals surface area contributed by atoms with Crippen molar-refractivity contribution in [3.05, 3.63) is 91.2 Å². The standard InChI is InChI=1S/C21H15NO/c1-3-8-16(9-4-1)18-12-7-13-19(14-18)20-15-23-21(22-20)17-10-5-2-6-11-17/h1-15H. The van der Waals surface area contributed by atoms with E-state index < -0.39 is 0 Å². The number of oxazole rings is 1. The maximum Gasteiger partial charge on any atom is 0.226 e. The quantitative estimate of drug-likeness (QED) is 0.486. The fourth-order valence-electron chi connectivity index (χ4n) is 2.61. The molecular formula is C21H15NO. The largest absolute Gasteiger partial charge is 0.444 e. The highest BCUT2D eigenvalue weighted by molar-refractivity contribution is 5.71. The molecule has 0 aliphatic carbocycles. The van der Waals surface area contributed by atoms with Crippen molar-refractivity contribution in [2.24, 2.45) is 0 Å². The van der Waals surface area contributed by atoms with Gasteiger partial charge in [0.1, 0.15) is 12.0 Å². The van der Waals surface area contributed by atoms with Gasteiger partial charge in [-0.2, -0.15) is 0 Å². The number of hydrogen-bond acceptors (Lipinski definition) is 2. The summed E-state index contributed by atoms with van der Waals surface area (Å²) in [7, 11) is 0. The van der Waals surface area contributed by atoms with Gasteiger partial charge in [0.15, 0.2) is 0 Å². The van der Waals surface area contributed by atoms with Gasteiger partial charge in [-0.15, -0.1) is 0 Å². The molecule has 4 aromatic rings. The number of benzene rings is 3. The Morgan fingerprint density at radius 2 is 1.17 bits per heavy atom. The van der Waals surface area contributed by atoms with Crippen LogP contribution in [0.5, 0.6) is 0 Å². The highest BCUT2D eigenvalue weighted by Crippen LogP contribution is 2.28. The van der Waals surface area contributed by atoms with E-state index in [0.29, 0.717) is 5.89 Å². The molecule has 0 radical (unpaired) electrons. The molecule has 0 saturated carbocycles. The first-order valence-corrected chi connectivity index (χ1v) is 7.57. The molecule has 3 aromatic carbocycles. The van der Waals surface area contributed by atoms with Crippen molar-refractivity contribution >= 4 is 0 Å². The fourth-order valence-corrected chi connectivity index (χ4v) is 2.61. The maximum atomic E-state index is 5.64. The third-order valence-electron chi connectivity index (χ3n) is 3.79. The van der Waals surface area contributed by atoms with Crippen LogP contribution in [-0.4, -0.2) is 4.98 Å². The number of hydrogen-bond donors (Lipinski definition) is 0. The summed E-state index contributed by atoms with van der Waals surface area (Å²) < 4.78 is 5.64. The number of rotatable bonds is 3. The van der Waals surface area contributed by atoms with Gasteiger partial charge < -0.3 is 4.42 Å². The van der Waals surface area contributed by atoms with Gasteiger partial charge in [0, 0.05) is 11.1 Å². The van der Waals surface area contributed by atoms with Crippen LogP contribution in [0.15, 0.2) is 95.6 Å². The summed E-state index contributed by atoms with van der Waals surface area (Å²) in [5.41, 5.74) is 5.25. The Labute approximate surface area is 135 Å². The molecule has 2 nitrogen and oxygen atoms in total. The summed E-state index contributed by atoms with van der Waals surface area (Å²) >= 11 is 0. The zero-order valence-electron chi connectivity index (χ0n) is 12.5. The van der Waals surface area contributed by atoms with Crippen LogP contribution in [0.1, 0.15) is 0 Å². The molecule has 0 fully saturated rings. The summed E-state index contributed by atoms with van der Waals surface area (Å²) in [4.78, 5) is 4.62. The third-order valence-corrected chi connectivity index (χ3v) is 3.79. The Kier molecular flexibility index (Phi) is 3.49. The van der Waals surface area contributed by atoms with E-state index in [4.69, 9.17) is 4.42 Å². The van der Waals surface area contributed by atoms with Gasteiger partial charge >= 0.3 is 0 Å². The Bertz CT molecular complexity index is 911. The molecule has 0 aliphatic heterocycles. The second kappa shape index (κ2) is 5.93. The molecule has 0 spiro atoms. The molecule has 1 aromatic heterocycles. The molecule has 0 aliphatic rings. The first-order valence-electron chi connectivity index (χ1n) is 7.57. The van der Waals surface area contributed by atoms with Crippen LogP contribution >= 0.6 is 0 Å². The van der Waals surface area contributed by atoms with Gasteiger partial charge in [-0.3, -0.25) is 0 Å². The second-order valence-corrected chi connectivity index (χ2v) is 5.35. The molecule has 0 N–H and O–H groups in total. The lowest BCUT2D eigenvalue weighted by atomic mass is 10.0. The minimum absolute atomic E-state index is 0.644. The first-order chi connectivity index (χ1) is 11.4.